The molecule has 0 radical (unpaired) electrons. The number of amides is 1. The highest BCUT2D eigenvalue weighted by atomic mass is 79.9. The van der Waals surface area contributed by atoms with Gasteiger partial charge in [0, 0.05) is 24.0 Å². The molecule has 15 heavy (non-hydrogen) atoms. The molecule has 1 rings (SSSR count). The number of carbonyl (C=O) groups excluding carboxylic acids is 1. The third-order valence-corrected chi connectivity index (χ3v) is 2.67. The zero-order valence-corrected chi connectivity index (χ0v) is 9.75. The molecule has 0 aromatic heterocycles. The molecule has 0 saturated carbocycles. The number of halogens is 1. The van der Waals surface area contributed by atoms with Crippen molar-refractivity contribution in [2.75, 3.05) is 6.54 Å². The van der Waals surface area contributed by atoms with E-state index in [1.807, 2.05) is 0 Å². The molecule has 0 aliphatic carbocycles. The first-order chi connectivity index (χ1) is 7.09. The summed E-state index contributed by atoms with van der Waals surface area (Å²) in [5.74, 6) is -0.0950. The van der Waals surface area contributed by atoms with Crippen molar-refractivity contribution in [1.29, 1.82) is 0 Å². The van der Waals surface area contributed by atoms with Crippen molar-refractivity contribution in [1.82, 2.24) is 5.32 Å². The van der Waals surface area contributed by atoms with Crippen molar-refractivity contribution in [3.63, 3.8) is 0 Å². The van der Waals surface area contributed by atoms with Gasteiger partial charge in [0.25, 0.3) is 0 Å². The van der Waals surface area contributed by atoms with E-state index < -0.39 is 0 Å². The van der Waals surface area contributed by atoms with Gasteiger partial charge in [0.2, 0.25) is 5.91 Å². The maximum atomic E-state index is 10.5. The summed E-state index contributed by atoms with van der Waals surface area (Å²) >= 11 is 3.37. The molecular formula is C10H13BrN2O2. The zero-order valence-electron chi connectivity index (χ0n) is 8.16. The Bertz CT molecular complexity index is 355. The molecular weight excluding hydrogens is 260 g/mol. The quantitative estimate of drug-likeness (QED) is 0.704. The average molecular weight is 273 g/mol. The van der Waals surface area contributed by atoms with E-state index in [1.54, 1.807) is 18.2 Å². The van der Waals surface area contributed by atoms with Crippen LogP contribution < -0.4 is 11.1 Å². The Morgan fingerprint density at radius 1 is 1.53 bits per heavy atom. The number of benzene rings is 1. The Morgan fingerprint density at radius 3 is 2.93 bits per heavy atom. The molecule has 0 heterocycles. The van der Waals surface area contributed by atoms with E-state index in [4.69, 9.17) is 5.73 Å². The lowest BCUT2D eigenvalue weighted by molar-refractivity contribution is -0.117. The number of carbonyl (C=O) groups is 1. The molecule has 0 fully saturated rings. The molecule has 4 nitrogen and oxygen atoms in total. The van der Waals surface area contributed by atoms with E-state index in [-0.39, 0.29) is 11.7 Å². The fraction of sp³-hybridized carbons (Fsp3) is 0.300. The third-order valence-electron chi connectivity index (χ3n) is 1.89. The molecule has 1 aromatic rings. The number of hydrogen-bond donors (Lipinski definition) is 3. The molecule has 5 heteroatoms. The van der Waals surface area contributed by atoms with Crippen LogP contribution in [0.1, 0.15) is 12.0 Å². The summed E-state index contributed by atoms with van der Waals surface area (Å²) in [7, 11) is 0. The van der Waals surface area contributed by atoms with Crippen molar-refractivity contribution in [2.24, 2.45) is 5.73 Å². The van der Waals surface area contributed by atoms with Gasteiger partial charge in [0.05, 0.1) is 0 Å². The van der Waals surface area contributed by atoms with E-state index in [0.717, 1.165) is 10.0 Å². The van der Waals surface area contributed by atoms with Gasteiger partial charge in [-0.2, -0.15) is 0 Å². The number of phenolic OH excluding ortho intramolecular Hbond substituents is 1. The Labute approximate surface area is 96.6 Å². The van der Waals surface area contributed by atoms with E-state index in [0.29, 0.717) is 19.5 Å². The van der Waals surface area contributed by atoms with Gasteiger partial charge in [-0.05, 0) is 23.8 Å². The van der Waals surface area contributed by atoms with Gasteiger partial charge in [0.15, 0.2) is 0 Å². The van der Waals surface area contributed by atoms with Gasteiger partial charge in [-0.3, -0.25) is 4.79 Å². The first kappa shape index (κ1) is 12.0. The van der Waals surface area contributed by atoms with Gasteiger partial charge >= 0.3 is 0 Å². The summed E-state index contributed by atoms with van der Waals surface area (Å²) in [5.41, 5.74) is 5.94. The summed E-state index contributed by atoms with van der Waals surface area (Å²) in [6.45, 7) is 1.12. The van der Waals surface area contributed by atoms with E-state index >= 15 is 0 Å². The molecule has 0 aliphatic heterocycles. The van der Waals surface area contributed by atoms with Crippen molar-refractivity contribution in [3.8, 4) is 5.75 Å². The van der Waals surface area contributed by atoms with Crippen molar-refractivity contribution < 1.29 is 9.90 Å². The summed E-state index contributed by atoms with van der Waals surface area (Å²) in [6.07, 6.45) is 0.316. The van der Waals surface area contributed by atoms with Crippen LogP contribution in [-0.4, -0.2) is 17.6 Å². The molecule has 0 atom stereocenters. The van der Waals surface area contributed by atoms with Crippen LogP contribution >= 0.6 is 15.9 Å². The lowest BCUT2D eigenvalue weighted by Gasteiger charge is -2.06. The first-order valence-electron chi connectivity index (χ1n) is 4.56. The molecule has 0 bridgehead atoms. The maximum Gasteiger partial charge on any atom is 0.218 e. The van der Waals surface area contributed by atoms with Gasteiger partial charge in [0.1, 0.15) is 5.75 Å². The van der Waals surface area contributed by atoms with Crippen LogP contribution in [0, 0.1) is 0 Å². The molecule has 1 amide bonds. The highest BCUT2D eigenvalue weighted by Gasteiger charge is 2.01. The predicted molar refractivity (Wildman–Crippen MR) is 61.3 cm³/mol. The monoisotopic (exact) mass is 272 g/mol. The second kappa shape index (κ2) is 5.72. The summed E-state index contributed by atoms with van der Waals surface area (Å²) in [6, 6.07) is 5.05. The standard InChI is InChI=1S/C10H13BrN2O2/c11-9-2-1-8(14)5-7(9)6-13-4-3-10(12)15/h1-2,5,13-14H,3-4,6H2,(H2,12,15). The fourth-order valence-corrected chi connectivity index (χ4v) is 1.52. The predicted octanol–water partition coefficient (Wildman–Crippen LogP) is 1.12. The van der Waals surface area contributed by atoms with E-state index in [1.165, 1.54) is 0 Å². The smallest absolute Gasteiger partial charge is 0.218 e. The van der Waals surface area contributed by atoms with Crippen LogP contribution in [0.3, 0.4) is 0 Å². The topological polar surface area (TPSA) is 75.4 Å². The van der Waals surface area contributed by atoms with E-state index in [9.17, 15) is 9.90 Å². The molecule has 0 aliphatic rings. The lowest BCUT2D eigenvalue weighted by Crippen LogP contribution is -2.21. The second-order valence-corrected chi connectivity index (χ2v) is 4.02. The number of nitrogens with two attached hydrogens (primary N) is 1. The Balaban J connectivity index is 2.43. The van der Waals surface area contributed by atoms with E-state index in [2.05, 4.69) is 21.2 Å². The van der Waals surface area contributed by atoms with Gasteiger partial charge in [-0.15, -0.1) is 0 Å². The minimum Gasteiger partial charge on any atom is -0.508 e. The Hall–Kier alpha value is -1.07. The molecule has 0 spiro atoms. The first-order valence-corrected chi connectivity index (χ1v) is 5.35. The van der Waals surface area contributed by atoms with Gasteiger partial charge in [-0.1, -0.05) is 15.9 Å². The zero-order chi connectivity index (χ0) is 11.3. The summed E-state index contributed by atoms with van der Waals surface area (Å²) in [5, 5.41) is 12.3. The normalized spacial score (nSPS) is 10.2. The minimum absolute atomic E-state index is 0.227. The molecule has 1 aromatic carbocycles. The van der Waals surface area contributed by atoms with Crippen LogP contribution in [0.5, 0.6) is 5.75 Å². The van der Waals surface area contributed by atoms with Crippen molar-refractivity contribution >= 4 is 21.8 Å². The van der Waals surface area contributed by atoms with Crippen molar-refractivity contribution in [3.05, 3.63) is 28.2 Å². The highest BCUT2D eigenvalue weighted by molar-refractivity contribution is 9.10. The Kier molecular flexibility index (Phi) is 4.58. The molecule has 82 valence electrons. The largest absolute Gasteiger partial charge is 0.508 e. The number of primary amides is 1. The van der Waals surface area contributed by atoms with Gasteiger partial charge in [-0.25, -0.2) is 0 Å². The SMILES string of the molecule is NC(=O)CCNCc1cc(O)ccc1Br. The maximum absolute atomic E-state index is 10.5. The number of phenols is 1. The average Bonchev–Trinajstić information content (AvgIpc) is 2.17. The summed E-state index contributed by atoms with van der Waals surface area (Å²) in [4.78, 5) is 10.5. The van der Waals surface area contributed by atoms with Crippen LogP contribution in [0.15, 0.2) is 22.7 Å². The van der Waals surface area contributed by atoms with Crippen LogP contribution in [0.25, 0.3) is 0 Å². The highest BCUT2D eigenvalue weighted by Crippen LogP contribution is 2.21. The minimum atomic E-state index is -0.322. The number of hydrogen-bond acceptors (Lipinski definition) is 3. The van der Waals surface area contributed by atoms with Crippen LogP contribution in [0.4, 0.5) is 0 Å². The number of aromatic hydroxyl groups is 1. The second-order valence-electron chi connectivity index (χ2n) is 3.17. The fourth-order valence-electron chi connectivity index (χ4n) is 1.13. The molecule has 4 N–H and O–H groups in total. The number of rotatable bonds is 5. The molecule has 0 saturated heterocycles. The van der Waals surface area contributed by atoms with Crippen LogP contribution in [0.2, 0.25) is 0 Å². The van der Waals surface area contributed by atoms with Gasteiger partial charge < -0.3 is 16.2 Å². The summed E-state index contributed by atoms with van der Waals surface area (Å²) < 4.78 is 0.923. The number of nitrogens with one attached hydrogen (secondary N) is 1. The van der Waals surface area contributed by atoms with Crippen molar-refractivity contribution in [2.45, 2.75) is 13.0 Å². The Morgan fingerprint density at radius 2 is 2.27 bits per heavy atom. The lowest BCUT2D eigenvalue weighted by atomic mass is 10.2. The van der Waals surface area contributed by atoms with Crippen LogP contribution in [-0.2, 0) is 11.3 Å². The molecule has 0 unspecified atom stereocenters. The third kappa shape index (κ3) is 4.31.